The van der Waals surface area contributed by atoms with E-state index in [9.17, 15) is 4.79 Å². The van der Waals surface area contributed by atoms with E-state index in [1.807, 2.05) is 0 Å². The zero-order chi connectivity index (χ0) is 10.3. The van der Waals surface area contributed by atoms with Gasteiger partial charge in [0.2, 0.25) is 0 Å². The van der Waals surface area contributed by atoms with Crippen LogP contribution in [0.1, 0.15) is 44.9 Å². The number of ketones is 1. The van der Waals surface area contributed by atoms with Crippen LogP contribution in [0.2, 0.25) is 0 Å². The maximum Gasteiger partial charge on any atom is 0.188 e. The molecule has 0 bridgehead atoms. The van der Waals surface area contributed by atoms with Crippen LogP contribution in [0.5, 0.6) is 0 Å². The van der Waals surface area contributed by atoms with E-state index in [4.69, 9.17) is 0 Å². The predicted molar refractivity (Wildman–Crippen MR) is 65.2 cm³/mol. The van der Waals surface area contributed by atoms with Gasteiger partial charge in [0.05, 0.1) is 0 Å². The summed E-state index contributed by atoms with van der Waals surface area (Å²) in [5, 5.41) is 0.514. The summed E-state index contributed by atoms with van der Waals surface area (Å²) < 4.78 is 0. The number of rotatable bonds is 1. The minimum Gasteiger partial charge on any atom is -0.294 e. The normalized spacial score (nSPS) is 42.1. The zero-order valence-electron chi connectivity index (χ0n) is 9.41. The molecule has 1 heterocycles. The third kappa shape index (κ3) is 1.75. The van der Waals surface area contributed by atoms with Gasteiger partial charge in [-0.2, -0.15) is 0 Å². The van der Waals surface area contributed by atoms with Crippen molar-refractivity contribution in [3.8, 4) is 0 Å². The molecule has 1 nitrogen and oxygen atoms in total. The van der Waals surface area contributed by atoms with Gasteiger partial charge in [0.1, 0.15) is 11.5 Å². The minimum atomic E-state index is 0.497. The first kappa shape index (κ1) is 10.2. The summed E-state index contributed by atoms with van der Waals surface area (Å²) >= 11 is 0. The number of hydrogen-bond acceptors (Lipinski definition) is 1. The van der Waals surface area contributed by atoms with Gasteiger partial charge in [-0.15, -0.1) is 0 Å². The predicted octanol–water partition coefficient (Wildman–Crippen LogP) is 2.55. The monoisotopic (exact) mass is 225 g/mol. The first-order chi connectivity index (χ1) is 7.36. The molecule has 0 aromatic heterocycles. The molecule has 15 heavy (non-hydrogen) atoms. The van der Waals surface area contributed by atoms with E-state index < -0.39 is 0 Å². The largest absolute Gasteiger partial charge is 0.294 e. The molecule has 1 saturated heterocycles. The fourth-order valence-corrected chi connectivity index (χ4v) is 6.70. The van der Waals surface area contributed by atoms with Crippen molar-refractivity contribution < 1.29 is 4.79 Å². The lowest BCUT2D eigenvalue weighted by Gasteiger charge is -2.22. The molecule has 0 spiro atoms. The molecule has 0 amide bonds. The van der Waals surface area contributed by atoms with Crippen molar-refractivity contribution in [1.29, 1.82) is 0 Å². The van der Waals surface area contributed by atoms with Crippen LogP contribution in [0.15, 0.2) is 0 Å². The molecule has 2 heteroatoms. The molecule has 3 unspecified atom stereocenters. The maximum absolute atomic E-state index is 12.3. The Morgan fingerprint density at radius 2 is 1.73 bits per heavy atom. The average Bonchev–Trinajstić information content (AvgIpc) is 2.87. The second-order valence-corrected chi connectivity index (χ2v) is 7.89. The van der Waals surface area contributed by atoms with Gasteiger partial charge < -0.3 is 0 Å². The molecule has 0 aromatic rings. The summed E-state index contributed by atoms with van der Waals surface area (Å²) in [6.45, 7) is 0. The van der Waals surface area contributed by atoms with Gasteiger partial charge in [-0.25, -0.2) is 0 Å². The molecule has 1 aliphatic heterocycles. The van der Waals surface area contributed by atoms with Crippen molar-refractivity contribution in [2.45, 2.75) is 50.2 Å². The van der Waals surface area contributed by atoms with E-state index in [1.165, 1.54) is 56.5 Å². The summed E-state index contributed by atoms with van der Waals surface area (Å²) in [5.41, 5.74) is 0. The number of carbonyl (C=O) groups is 1. The first-order valence-electron chi connectivity index (χ1n) is 6.56. The van der Waals surface area contributed by atoms with Gasteiger partial charge in [0.25, 0.3) is 0 Å². The topological polar surface area (TPSA) is 17.1 Å². The quantitative estimate of drug-likeness (QED) is 0.627. The molecule has 3 fully saturated rings. The summed E-state index contributed by atoms with van der Waals surface area (Å²) in [4.78, 5) is 12.3. The summed E-state index contributed by atoms with van der Waals surface area (Å²) in [6, 6.07) is 0. The van der Waals surface area contributed by atoms with Gasteiger partial charge in [0, 0.05) is 12.3 Å². The van der Waals surface area contributed by atoms with Crippen molar-refractivity contribution in [2.75, 3.05) is 11.5 Å². The lowest BCUT2D eigenvalue weighted by molar-refractivity contribution is -0.121. The van der Waals surface area contributed by atoms with Gasteiger partial charge in [-0.05, 0) is 42.5 Å². The van der Waals surface area contributed by atoms with E-state index >= 15 is 0 Å². The highest BCUT2D eigenvalue weighted by Gasteiger charge is 2.51. The molecule has 3 atom stereocenters. The second kappa shape index (κ2) is 4.12. The van der Waals surface area contributed by atoms with Crippen LogP contribution < -0.4 is 0 Å². The highest BCUT2D eigenvalue weighted by atomic mass is 32.2. The molecule has 3 aliphatic rings. The van der Waals surface area contributed by atoms with Gasteiger partial charge in [0.15, 0.2) is 11.0 Å². The van der Waals surface area contributed by atoms with E-state index in [2.05, 4.69) is 0 Å². The Balaban J connectivity index is 1.72. The smallest absolute Gasteiger partial charge is 0.188 e. The highest BCUT2D eigenvalue weighted by Crippen LogP contribution is 2.43. The lowest BCUT2D eigenvalue weighted by Crippen LogP contribution is -2.29. The van der Waals surface area contributed by atoms with Crippen LogP contribution >= 0.6 is 0 Å². The average molecular weight is 225 g/mol. The summed E-state index contributed by atoms with van der Waals surface area (Å²) in [7, 11) is 0.501. The Labute approximate surface area is 95.4 Å². The molecule has 2 saturated carbocycles. The number of hydrogen-bond donors (Lipinski definition) is 0. The fourth-order valence-electron chi connectivity index (χ4n) is 3.76. The number of fused-ring (bicyclic) bond motifs is 1. The summed E-state index contributed by atoms with van der Waals surface area (Å²) in [5.74, 6) is 4.72. The van der Waals surface area contributed by atoms with Crippen LogP contribution in [-0.2, 0) is 15.7 Å². The van der Waals surface area contributed by atoms with E-state index in [1.54, 1.807) is 0 Å². The standard InChI is InChI=1S/C13H21OS/c14-13-11-6-2-1-5-10(11)9-12(13)15-7-3-4-8-15/h10-12H,1-9H2/q+1. The van der Waals surface area contributed by atoms with E-state index in [0.717, 1.165) is 5.92 Å². The first-order valence-corrected chi connectivity index (χ1v) is 8.19. The van der Waals surface area contributed by atoms with Gasteiger partial charge in [-0.3, -0.25) is 4.79 Å². The van der Waals surface area contributed by atoms with E-state index in [-0.39, 0.29) is 0 Å². The number of carbonyl (C=O) groups excluding carboxylic acids is 1. The second-order valence-electron chi connectivity index (χ2n) is 5.43. The molecule has 0 radical (unpaired) electrons. The minimum absolute atomic E-state index is 0.497. The SMILES string of the molecule is O=C1C2CCCCC2CC1[S+]1CCCC1. The van der Waals surface area contributed by atoms with Crippen molar-refractivity contribution in [2.24, 2.45) is 11.8 Å². The van der Waals surface area contributed by atoms with Crippen LogP contribution in [0.3, 0.4) is 0 Å². The summed E-state index contributed by atoms with van der Waals surface area (Å²) in [6.07, 6.45) is 9.32. The molecular weight excluding hydrogens is 204 g/mol. The van der Waals surface area contributed by atoms with Gasteiger partial charge in [-0.1, -0.05) is 12.8 Å². The third-order valence-corrected chi connectivity index (χ3v) is 7.43. The van der Waals surface area contributed by atoms with Crippen molar-refractivity contribution in [3.05, 3.63) is 0 Å². The third-order valence-electron chi connectivity index (χ3n) is 4.57. The van der Waals surface area contributed by atoms with Crippen LogP contribution in [-0.4, -0.2) is 22.5 Å². The Hall–Kier alpha value is 0.0200. The molecule has 3 rings (SSSR count). The molecule has 0 N–H and O–H groups in total. The zero-order valence-corrected chi connectivity index (χ0v) is 10.2. The molecule has 84 valence electrons. The molecule has 0 aromatic carbocycles. The van der Waals surface area contributed by atoms with Crippen LogP contribution in [0.4, 0.5) is 0 Å². The fraction of sp³-hybridized carbons (Fsp3) is 0.923. The highest BCUT2D eigenvalue weighted by molar-refractivity contribution is 7.98. The Morgan fingerprint density at radius 1 is 1.00 bits per heavy atom. The molecule has 2 aliphatic carbocycles. The lowest BCUT2D eigenvalue weighted by atomic mass is 9.81. The van der Waals surface area contributed by atoms with Crippen molar-refractivity contribution >= 4 is 16.7 Å². The Bertz CT molecular complexity index is 257. The Morgan fingerprint density at radius 3 is 2.47 bits per heavy atom. The molecular formula is C13H21OS+. The number of Topliss-reactive ketones (excluding diaryl/α,β-unsaturated/α-hetero) is 1. The van der Waals surface area contributed by atoms with E-state index in [0.29, 0.717) is 27.8 Å². The van der Waals surface area contributed by atoms with Crippen molar-refractivity contribution in [1.82, 2.24) is 0 Å². The van der Waals surface area contributed by atoms with Crippen LogP contribution in [0.25, 0.3) is 0 Å². The maximum atomic E-state index is 12.3. The Kier molecular flexibility index (Phi) is 2.80. The van der Waals surface area contributed by atoms with Crippen molar-refractivity contribution in [3.63, 3.8) is 0 Å². The van der Waals surface area contributed by atoms with Crippen LogP contribution in [0, 0.1) is 11.8 Å². The van der Waals surface area contributed by atoms with Gasteiger partial charge >= 0.3 is 0 Å².